The van der Waals surface area contributed by atoms with Crippen LogP contribution in [0.1, 0.15) is 12.0 Å². The molecule has 0 saturated heterocycles. The SMILES string of the molecule is COc1ccc(CCNC(CC(=O)Nc2cccc(F)c2)C(=O)O)cc1OC. The zero-order chi connectivity index (χ0) is 20.5. The number of amides is 1. The van der Waals surface area contributed by atoms with Gasteiger partial charge in [0.2, 0.25) is 5.91 Å². The van der Waals surface area contributed by atoms with E-state index in [1.165, 1.54) is 25.3 Å². The summed E-state index contributed by atoms with van der Waals surface area (Å²) in [5.41, 5.74) is 1.21. The number of halogens is 1. The van der Waals surface area contributed by atoms with Gasteiger partial charge in [-0.15, -0.1) is 0 Å². The fraction of sp³-hybridized carbons (Fsp3) is 0.300. The maximum atomic E-state index is 13.2. The summed E-state index contributed by atoms with van der Waals surface area (Å²) >= 11 is 0. The molecule has 0 radical (unpaired) electrons. The normalized spacial score (nSPS) is 11.5. The molecule has 0 aromatic heterocycles. The average Bonchev–Trinajstić information content (AvgIpc) is 2.66. The lowest BCUT2D eigenvalue weighted by molar-refractivity contribution is -0.141. The Kier molecular flexibility index (Phi) is 7.76. The van der Waals surface area contributed by atoms with Crippen LogP contribution in [-0.2, 0) is 16.0 Å². The van der Waals surface area contributed by atoms with Crippen LogP contribution in [0, 0.1) is 5.82 Å². The summed E-state index contributed by atoms with van der Waals surface area (Å²) in [5, 5.41) is 14.7. The Hall–Kier alpha value is -3.13. The summed E-state index contributed by atoms with van der Waals surface area (Å²) < 4.78 is 23.6. The number of hydrogen-bond donors (Lipinski definition) is 3. The molecule has 0 aliphatic heterocycles. The molecule has 28 heavy (non-hydrogen) atoms. The number of carbonyl (C=O) groups is 2. The fourth-order valence-corrected chi connectivity index (χ4v) is 2.64. The van der Waals surface area contributed by atoms with Gasteiger partial charge in [-0.3, -0.25) is 9.59 Å². The van der Waals surface area contributed by atoms with Crippen molar-refractivity contribution in [1.82, 2.24) is 5.32 Å². The van der Waals surface area contributed by atoms with Gasteiger partial charge < -0.3 is 25.2 Å². The Balaban J connectivity index is 1.89. The predicted octanol–water partition coefficient (Wildman–Crippen LogP) is 2.46. The van der Waals surface area contributed by atoms with Crippen LogP contribution in [0.3, 0.4) is 0 Å². The van der Waals surface area contributed by atoms with Gasteiger partial charge >= 0.3 is 5.97 Å². The number of carbonyl (C=O) groups excluding carboxylic acids is 1. The number of anilines is 1. The lowest BCUT2D eigenvalue weighted by Gasteiger charge is -2.15. The first-order chi connectivity index (χ1) is 13.4. The van der Waals surface area contributed by atoms with Crippen LogP contribution in [0.5, 0.6) is 11.5 Å². The van der Waals surface area contributed by atoms with Gasteiger partial charge in [-0.05, 0) is 48.9 Å². The summed E-state index contributed by atoms with van der Waals surface area (Å²) in [6.45, 7) is 0.347. The van der Waals surface area contributed by atoms with Gasteiger partial charge in [-0.25, -0.2) is 4.39 Å². The van der Waals surface area contributed by atoms with Crippen LogP contribution < -0.4 is 20.1 Å². The van der Waals surface area contributed by atoms with Gasteiger partial charge in [0.1, 0.15) is 11.9 Å². The Morgan fingerprint density at radius 3 is 2.50 bits per heavy atom. The first kappa shape index (κ1) is 21.2. The second-order valence-electron chi connectivity index (χ2n) is 6.05. The minimum Gasteiger partial charge on any atom is -0.493 e. The van der Waals surface area contributed by atoms with Crippen LogP contribution >= 0.6 is 0 Å². The Bertz CT molecular complexity index is 828. The van der Waals surface area contributed by atoms with Crippen molar-refractivity contribution < 1.29 is 28.6 Å². The smallest absolute Gasteiger partial charge is 0.321 e. The van der Waals surface area contributed by atoms with E-state index in [9.17, 15) is 19.1 Å². The standard InChI is InChI=1S/C20H23FN2O5/c1-27-17-7-6-13(10-18(17)28-2)8-9-22-16(20(25)26)12-19(24)23-15-5-3-4-14(21)11-15/h3-7,10-11,16,22H,8-9,12H2,1-2H3,(H,23,24)(H,25,26). The number of carboxylic acids is 1. The summed E-state index contributed by atoms with van der Waals surface area (Å²) in [5.74, 6) is -0.945. The summed E-state index contributed by atoms with van der Waals surface area (Å²) in [7, 11) is 3.09. The van der Waals surface area contributed by atoms with E-state index in [1.807, 2.05) is 12.1 Å². The minimum absolute atomic E-state index is 0.277. The molecule has 2 aromatic carbocycles. The molecule has 1 atom stereocenters. The summed E-state index contributed by atoms with van der Waals surface area (Å²) in [6.07, 6.45) is 0.257. The number of hydrogen-bond acceptors (Lipinski definition) is 5. The summed E-state index contributed by atoms with van der Waals surface area (Å²) in [6, 6.07) is 9.79. The number of aliphatic carboxylic acids is 1. The molecule has 0 aliphatic rings. The average molecular weight is 390 g/mol. The summed E-state index contributed by atoms with van der Waals surface area (Å²) in [4.78, 5) is 23.5. The molecule has 0 heterocycles. The maximum absolute atomic E-state index is 13.2. The number of carboxylic acid groups (broad SMARTS) is 1. The zero-order valence-corrected chi connectivity index (χ0v) is 15.7. The molecule has 3 N–H and O–H groups in total. The molecule has 0 fully saturated rings. The highest BCUT2D eigenvalue weighted by Gasteiger charge is 2.20. The van der Waals surface area contributed by atoms with E-state index in [4.69, 9.17) is 9.47 Å². The van der Waals surface area contributed by atoms with Gasteiger partial charge in [0, 0.05) is 5.69 Å². The van der Waals surface area contributed by atoms with Crippen LogP contribution in [-0.4, -0.2) is 43.8 Å². The van der Waals surface area contributed by atoms with Gasteiger partial charge in [-0.1, -0.05) is 12.1 Å². The second kappa shape index (κ2) is 10.3. The lowest BCUT2D eigenvalue weighted by atomic mass is 10.1. The molecule has 0 bridgehead atoms. The predicted molar refractivity (Wildman–Crippen MR) is 102 cm³/mol. The zero-order valence-electron chi connectivity index (χ0n) is 15.7. The van der Waals surface area contributed by atoms with E-state index >= 15 is 0 Å². The number of ether oxygens (including phenoxy) is 2. The van der Waals surface area contributed by atoms with Gasteiger partial charge in [0.15, 0.2) is 11.5 Å². The highest BCUT2D eigenvalue weighted by molar-refractivity contribution is 5.94. The van der Waals surface area contributed by atoms with Crippen LogP contribution in [0.4, 0.5) is 10.1 Å². The molecule has 1 amide bonds. The third-order valence-corrected chi connectivity index (χ3v) is 4.05. The second-order valence-corrected chi connectivity index (χ2v) is 6.05. The highest BCUT2D eigenvalue weighted by Crippen LogP contribution is 2.27. The number of rotatable bonds is 10. The van der Waals surface area contributed by atoms with Crippen LogP contribution in [0.25, 0.3) is 0 Å². The van der Waals surface area contributed by atoms with E-state index in [2.05, 4.69) is 10.6 Å². The molecular weight excluding hydrogens is 367 g/mol. The molecule has 150 valence electrons. The minimum atomic E-state index is -1.14. The number of nitrogens with one attached hydrogen (secondary N) is 2. The van der Waals surface area contributed by atoms with Crippen molar-refractivity contribution in [3.8, 4) is 11.5 Å². The maximum Gasteiger partial charge on any atom is 0.321 e. The largest absolute Gasteiger partial charge is 0.493 e. The molecule has 0 saturated carbocycles. The van der Waals surface area contributed by atoms with Crippen molar-refractivity contribution >= 4 is 17.6 Å². The van der Waals surface area contributed by atoms with E-state index < -0.39 is 23.7 Å². The molecule has 0 aliphatic carbocycles. The van der Waals surface area contributed by atoms with Gasteiger partial charge in [-0.2, -0.15) is 0 Å². The van der Waals surface area contributed by atoms with Crippen LogP contribution in [0.2, 0.25) is 0 Å². The van der Waals surface area contributed by atoms with Crippen molar-refractivity contribution in [3.63, 3.8) is 0 Å². The van der Waals surface area contributed by atoms with Crippen LogP contribution in [0.15, 0.2) is 42.5 Å². The molecule has 7 nitrogen and oxygen atoms in total. The van der Waals surface area contributed by atoms with Crippen molar-refractivity contribution in [1.29, 1.82) is 0 Å². The molecule has 2 aromatic rings. The van der Waals surface area contributed by atoms with Gasteiger partial charge in [0.05, 0.1) is 20.6 Å². The number of benzene rings is 2. The first-order valence-electron chi connectivity index (χ1n) is 8.65. The van der Waals surface area contributed by atoms with Crippen molar-refractivity contribution in [2.75, 3.05) is 26.1 Å². The molecule has 2 rings (SSSR count). The molecule has 0 spiro atoms. The highest BCUT2D eigenvalue weighted by atomic mass is 19.1. The Morgan fingerprint density at radius 2 is 1.86 bits per heavy atom. The Labute approximate surface area is 162 Å². The Morgan fingerprint density at radius 1 is 1.11 bits per heavy atom. The van der Waals surface area contributed by atoms with Crippen molar-refractivity contribution in [3.05, 3.63) is 53.8 Å². The monoisotopic (exact) mass is 390 g/mol. The topological polar surface area (TPSA) is 96.9 Å². The third-order valence-electron chi connectivity index (χ3n) is 4.05. The van der Waals surface area contributed by atoms with E-state index in [0.29, 0.717) is 24.5 Å². The molecular formula is C20H23FN2O5. The third kappa shape index (κ3) is 6.24. The van der Waals surface area contributed by atoms with E-state index in [0.717, 1.165) is 11.6 Å². The first-order valence-corrected chi connectivity index (χ1v) is 8.65. The number of methoxy groups -OCH3 is 2. The van der Waals surface area contributed by atoms with E-state index in [-0.39, 0.29) is 12.1 Å². The van der Waals surface area contributed by atoms with E-state index in [1.54, 1.807) is 13.2 Å². The van der Waals surface area contributed by atoms with Crippen molar-refractivity contribution in [2.45, 2.75) is 18.9 Å². The van der Waals surface area contributed by atoms with Gasteiger partial charge in [0.25, 0.3) is 0 Å². The quantitative estimate of drug-likeness (QED) is 0.577. The molecule has 8 heteroatoms. The molecule has 1 unspecified atom stereocenters. The van der Waals surface area contributed by atoms with Crippen molar-refractivity contribution in [2.24, 2.45) is 0 Å². The fourth-order valence-electron chi connectivity index (χ4n) is 2.64. The lowest BCUT2D eigenvalue weighted by Crippen LogP contribution is -2.40.